The lowest BCUT2D eigenvalue weighted by Crippen LogP contribution is -2.32. The number of phenolic OH excluding ortho intramolecular Hbond substituents is 1. The topological polar surface area (TPSA) is 140 Å². The summed E-state index contributed by atoms with van der Waals surface area (Å²) in [5, 5.41) is 23.3. The number of phenols is 1. The zero-order chi connectivity index (χ0) is 13.4. The number of hydrogen-bond donors (Lipinski definition) is 4. The second kappa shape index (κ2) is 7.01. The first-order chi connectivity index (χ1) is 8.11. The minimum Gasteiger partial charge on any atom is -0.502 e. The van der Waals surface area contributed by atoms with Gasteiger partial charge in [-0.25, -0.2) is 5.84 Å². The average molecular weight is 241 g/mol. The Morgan fingerprint density at radius 1 is 1.53 bits per heavy atom. The Balaban J connectivity index is 0.00000121. The molecule has 0 bridgehead atoms. The molecule has 1 aromatic carbocycles. The Labute approximate surface area is 98.0 Å². The van der Waals surface area contributed by atoms with Crippen molar-refractivity contribution in [2.45, 2.75) is 13.8 Å². The second-order valence-corrected chi connectivity index (χ2v) is 2.55. The third-order valence-electron chi connectivity index (χ3n) is 1.73. The van der Waals surface area contributed by atoms with Crippen LogP contribution in [-0.4, -0.2) is 15.9 Å². The average Bonchev–Trinajstić information content (AvgIpc) is 2.35. The molecular weight excluding hydrogens is 226 g/mol. The number of nitro groups is 1. The van der Waals surface area contributed by atoms with Gasteiger partial charge in [0, 0.05) is 6.07 Å². The third-order valence-corrected chi connectivity index (χ3v) is 1.73. The highest BCUT2D eigenvalue weighted by molar-refractivity contribution is 6.01. The first-order valence-corrected chi connectivity index (χ1v) is 4.83. The third kappa shape index (κ3) is 3.31. The van der Waals surface area contributed by atoms with Crippen LogP contribution in [0, 0.1) is 10.1 Å². The van der Waals surface area contributed by atoms with Crippen LogP contribution in [-0.2, 0) is 0 Å². The van der Waals surface area contributed by atoms with Crippen molar-refractivity contribution in [3.8, 4) is 5.75 Å². The monoisotopic (exact) mass is 241 g/mol. The predicted molar refractivity (Wildman–Crippen MR) is 64.2 cm³/mol. The summed E-state index contributed by atoms with van der Waals surface area (Å²) in [4.78, 5) is 9.78. The molecule has 0 spiro atoms. The molecule has 1 rings (SSSR count). The Hall–Kier alpha value is -2.35. The van der Waals surface area contributed by atoms with Crippen LogP contribution in [0.15, 0.2) is 23.3 Å². The standard InChI is InChI=1S/C7H9N5O3.C2H6/c8-10-7(11-9)4-2-1-3-5(6(4)13)12(14)15;1-2/h1-3,13H,8-9H2,(H,10,11);1-2H3. The maximum Gasteiger partial charge on any atom is 0.311 e. The highest BCUT2D eigenvalue weighted by atomic mass is 16.6. The molecule has 1 aromatic rings. The number of amidine groups is 1. The molecule has 8 nitrogen and oxygen atoms in total. The summed E-state index contributed by atoms with van der Waals surface area (Å²) in [7, 11) is 0. The van der Waals surface area contributed by atoms with E-state index in [1.54, 1.807) is 0 Å². The van der Waals surface area contributed by atoms with Crippen molar-refractivity contribution in [3.05, 3.63) is 33.9 Å². The maximum atomic E-state index is 10.5. The fraction of sp³-hybridized carbons (Fsp3) is 0.222. The molecule has 0 radical (unpaired) electrons. The highest BCUT2D eigenvalue weighted by Gasteiger charge is 2.18. The molecule has 94 valence electrons. The van der Waals surface area contributed by atoms with Crippen molar-refractivity contribution in [1.82, 2.24) is 5.43 Å². The van der Waals surface area contributed by atoms with E-state index in [9.17, 15) is 15.2 Å². The molecule has 0 aliphatic heterocycles. The van der Waals surface area contributed by atoms with Crippen molar-refractivity contribution in [3.63, 3.8) is 0 Å². The van der Waals surface area contributed by atoms with E-state index in [-0.39, 0.29) is 11.4 Å². The van der Waals surface area contributed by atoms with Crippen LogP contribution < -0.4 is 17.1 Å². The van der Waals surface area contributed by atoms with Crippen LogP contribution in [0.4, 0.5) is 5.69 Å². The van der Waals surface area contributed by atoms with Crippen molar-refractivity contribution >= 4 is 11.5 Å². The van der Waals surface area contributed by atoms with Gasteiger partial charge in [0.05, 0.1) is 10.5 Å². The number of nitro benzene ring substituents is 1. The van der Waals surface area contributed by atoms with Crippen molar-refractivity contribution in [1.29, 1.82) is 0 Å². The van der Waals surface area contributed by atoms with E-state index in [0.29, 0.717) is 0 Å². The number of nitrogens with zero attached hydrogens (tertiary/aromatic N) is 2. The lowest BCUT2D eigenvalue weighted by molar-refractivity contribution is -0.385. The Morgan fingerprint density at radius 3 is 2.53 bits per heavy atom. The van der Waals surface area contributed by atoms with E-state index < -0.39 is 16.4 Å². The van der Waals surface area contributed by atoms with E-state index in [0.717, 1.165) is 6.07 Å². The van der Waals surface area contributed by atoms with Crippen LogP contribution in [0.3, 0.4) is 0 Å². The number of hydrazone groups is 1. The van der Waals surface area contributed by atoms with E-state index >= 15 is 0 Å². The maximum absolute atomic E-state index is 10.5. The van der Waals surface area contributed by atoms with Gasteiger partial charge in [-0.15, -0.1) is 0 Å². The quantitative estimate of drug-likeness (QED) is 0.194. The number of hydrazine groups is 1. The van der Waals surface area contributed by atoms with E-state index in [1.807, 2.05) is 13.8 Å². The van der Waals surface area contributed by atoms with Gasteiger partial charge in [-0.2, -0.15) is 5.10 Å². The van der Waals surface area contributed by atoms with Crippen molar-refractivity contribution in [2.24, 2.45) is 16.8 Å². The molecule has 6 N–H and O–H groups in total. The molecule has 0 aliphatic carbocycles. The summed E-state index contributed by atoms with van der Waals surface area (Å²) in [5.74, 6) is 9.46. The van der Waals surface area contributed by atoms with Gasteiger partial charge in [0.2, 0.25) is 5.75 Å². The number of nitrogens with two attached hydrogens (primary N) is 2. The number of nitrogens with one attached hydrogen (secondary N) is 1. The van der Waals surface area contributed by atoms with Crippen molar-refractivity contribution in [2.75, 3.05) is 0 Å². The van der Waals surface area contributed by atoms with Crippen LogP contribution in [0.1, 0.15) is 19.4 Å². The molecule has 0 atom stereocenters. The molecular formula is C9H15N5O3. The normalized spacial score (nSPS) is 10.2. The van der Waals surface area contributed by atoms with Crippen LogP contribution >= 0.6 is 0 Å². The minimum atomic E-state index is -0.719. The summed E-state index contributed by atoms with van der Waals surface area (Å²) in [6.07, 6.45) is 0. The van der Waals surface area contributed by atoms with Gasteiger partial charge in [-0.1, -0.05) is 19.9 Å². The van der Waals surface area contributed by atoms with Crippen LogP contribution in [0.25, 0.3) is 0 Å². The number of rotatable bonds is 2. The second-order valence-electron chi connectivity index (χ2n) is 2.55. The molecule has 17 heavy (non-hydrogen) atoms. The van der Waals surface area contributed by atoms with Gasteiger partial charge in [0.1, 0.15) is 0 Å². The van der Waals surface area contributed by atoms with Gasteiger partial charge < -0.3 is 16.4 Å². The Morgan fingerprint density at radius 2 is 2.12 bits per heavy atom. The Kier molecular flexibility index (Phi) is 6.04. The largest absolute Gasteiger partial charge is 0.502 e. The number of aromatic hydroxyl groups is 1. The van der Waals surface area contributed by atoms with Gasteiger partial charge >= 0.3 is 5.69 Å². The smallest absolute Gasteiger partial charge is 0.311 e. The number of benzene rings is 1. The molecule has 0 heterocycles. The fourth-order valence-corrected chi connectivity index (χ4v) is 1.05. The first kappa shape index (κ1) is 14.6. The van der Waals surface area contributed by atoms with Gasteiger partial charge in [-0.3, -0.25) is 10.1 Å². The minimum absolute atomic E-state index is 0.0452. The summed E-state index contributed by atoms with van der Waals surface area (Å²) < 4.78 is 0. The zero-order valence-corrected chi connectivity index (χ0v) is 9.54. The van der Waals surface area contributed by atoms with Crippen LogP contribution in [0.2, 0.25) is 0 Å². The predicted octanol–water partition coefficient (Wildman–Crippen LogP) is 0.410. The van der Waals surface area contributed by atoms with E-state index in [1.165, 1.54) is 12.1 Å². The molecule has 0 aliphatic rings. The summed E-state index contributed by atoms with van der Waals surface area (Å²) in [6.45, 7) is 4.00. The summed E-state index contributed by atoms with van der Waals surface area (Å²) >= 11 is 0. The zero-order valence-electron chi connectivity index (χ0n) is 9.54. The van der Waals surface area contributed by atoms with Gasteiger partial charge in [0.25, 0.3) is 0 Å². The highest BCUT2D eigenvalue weighted by Crippen LogP contribution is 2.28. The molecule has 0 aromatic heterocycles. The number of hydrogen-bond acceptors (Lipinski definition) is 6. The lowest BCUT2D eigenvalue weighted by atomic mass is 10.1. The molecule has 0 saturated heterocycles. The number of para-hydroxylation sites is 1. The van der Waals surface area contributed by atoms with Gasteiger partial charge in [-0.05, 0) is 6.07 Å². The van der Waals surface area contributed by atoms with E-state index in [4.69, 9.17) is 11.7 Å². The van der Waals surface area contributed by atoms with Crippen LogP contribution in [0.5, 0.6) is 5.75 Å². The SMILES string of the molecule is CC.N/N=C(\NN)c1cccc([N+](=O)[O-])c1O. The molecule has 0 amide bonds. The summed E-state index contributed by atoms with van der Waals surface area (Å²) in [5.41, 5.74) is 1.74. The molecule has 0 fully saturated rings. The molecule has 8 heteroatoms. The first-order valence-electron chi connectivity index (χ1n) is 4.83. The summed E-state index contributed by atoms with van der Waals surface area (Å²) in [6, 6.07) is 3.94. The molecule has 0 saturated carbocycles. The lowest BCUT2D eigenvalue weighted by Gasteiger charge is -2.05. The fourth-order valence-electron chi connectivity index (χ4n) is 1.05. The Bertz CT molecular complexity index is 419. The molecule has 0 unspecified atom stereocenters. The van der Waals surface area contributed by atoms with Gasteiger partial charge in [0.15, 0.2) is 5.84 Å². The van der Waals surface area contributed by atoms with Crippen molar-refractivity contribution < 1.29 is 10.0 Å². The van der Waals surface area contributed by atoms with E-state index in [2.05, 4.69) is 10.5 Å².